The maximum absolute atomic E-state index is 13.5. The summed E-state index contributed by atoms with van der Waals surface area (Å²) < 4.78 is 40.6. The summed E-state index contributed by atoms with van der Waals surface area (Å²) in [6.07, 6.45) is -4.06. The van der Waals surface area contributed by atoms with Gasteiger partial charge in [0.05, 0.1) is 16.3 Å². The van der Waals surface area contributed by atoms with Crippen LogP contribution in [-0.4, -0.2) is 26.8 Å². The predicted octanol–water partition coefficient (Wildman–Crippen LogP) is 8.93. The fourth-order valence-corrected chi connectivity index (χ4v) is 4.87. The molecule has 0 unspecified atom stereocenters. The Kier molecular flexibility index (Phi) is 10.3. The molecule has 0 saturated heterocycles. The van der Waals surface area contributed by atoms with Gasteiger partial charge >= 0.3 is 6.18 Å². The summed E-state index contributed by atoms with van der Waals surface area (Å²) in [5.41, 5.74) is 0.949. The standard InChI is InChI=1S/C29H24ClF3N2O2S.CH4/c30-27-14-11-22(18-26(27)29(31,32)33)34-28(38-25-7-2-1-3-8-25)35(19-21-9-12-23(36)13-10-21)16-15-20-5-4-6-24(37)17-20;/h1-14,17-18,36-37H,15-16,19H2;1H4. The Hall–Kier alpha value is -3.62. The van der Waals surface area contributed by atoms with Crippen LogP contribution in [0.5, 0.6) is 11.5 Å². The molecule has 0 heterocycles. The normalized spacial score (nSPS) is 11.6. The van der Waals surface area contributed by atoms with Crippen molar-refractivity contribution in [2.24, 2.45) is 4.99 Å². The molecule has 204 valence electrons. The number of hydrogen-bond donors (Lipinski definition) is 2. The average Bonchev–Trinajstić information content (AvgIpc) is 2.88. The molecule has 2 N–H and O–H groups in total. The summed E-state index contributed by atoms with van der Waals surface area (Å²) >= 11 is 7.17. The molecule has 0 atom stereocenters. The number of phenolic OH excluding ortho intramolecular Hbond substituents is 2. The minimum absolute atomic E-state index is 0. The largest absolute Gasteiger partial charge is 0.508 e. The van der Waals surface area contributed by atoms with Crippen molar-refractivity contribution >= 4 is 34.2 Å². The third-order valence-corrected chi connectivity index (χ3v) is 6.96. The summed E-state index contributed by atoms with van der Waals surface area (Å²) in [6.45, 7) is 0.847. The van der Waals surface area contributed by atoms with Crippen LogP contribution in [0.3, 0.4) is 0 Å². The predicted molar refractivity (Wildman–Crippen MR) is 153 cm³/mol. The molecule has 0 aliphatic carbocycles. The van der Waals surface area contributed by atoms with Crippen molar-refractivity contribution in [1.82, 2.24) is 4.90 Å². The van der Waals surface area contributed by atoms with Crippen LogP contribution >= 0.6 is 23.4 Å². The molecule has 0 fully saturated rings. The highest BCUT2D eigenvalue weighted by atomic mass is 35.5. The second kappa shape index (κ2) is 13.4. The van der Waals surface area contributed by atoms with E-state index in [0.717, 1.165) is 22.1 Å². The van der Waals surface area contributed by atoms with E-state index in [2.05, 4.69) is 4.99 Å². The molecule has 0 aromatic heterocycles. The number of amidine groups is 1. The van der Waals surface area contributed by atoms with Crippen LogP contribution in [0.15, 0.2) is 107 Å². The Morgan fingerprint density at radius 2 is 1.54 bits per heavy atom. The molecule has 0 radical (unpaired) electrons. The number of alkyl halides is 3. The summed E-state index contributed by atoms with van der Waals surface area (Å²) in [6, 6.07) is 26.7. The molecule has 0 aliphatic heterocycles. The molecule has 39 heavy (non-hydrogen) atoms. The van der Waals surface area contributed by atoms with Gasteiger partial charge in [-0.25, -0.2) is 4.99 Å². The lowest BCUT2D eigenvalue weighted by Crippen LogP contribution is -2.30. The van der Waals surface area contributed by atoms with E-state index in [1.54, 1.807) is 42.5 Å². The van der Waals surface area contributed by atoms with Crippen LogP contribution in [0, 0.1) is 0 Å². The topological polar surface area (TPSA) is 56.1 Å². The van der Waals surface area contributed by atoms with Gasteiger partial charge in [-0.15, -0.1) is 0 Å². The third-order valence-electron chi connectivity index (χ3n) is 5.59. The number of aliphatic imine (C=N–C) groups is 1. The molecule has 4 nitrogen and oxygen atoms in total. The van der Waals surface area contributed by atoms with Crippen LogP contribution in [0.1, 0.15) is 24.1 Å². The van der Waals surface area contributed by atoms with Gasteiger partial charge in [-0.2, -0.15) is 13.2 Å². The lowest BCUT2D eigenvalue weighted by molar-refractivity contribution is -0.137. The molecule has 0 saturated carbocycles. The first-order chi connectivity index (χ1) is 18.2. The molecular weight excluding hydrogens is 545 g/mol. The van der Waals surface area contributed by atoms with E-state index in [0.29, 0.717) is 24.7 Å². The fourth-order valence-electron chi connectivity index (χ4n) is 3.70. The van der Waals surface area contributed by atoms with E-state index in [4.69, 9.17) is 11.6 Å². The maximum atomic E-state index is 13.5. The van der Waals surface area contributed by atoms with Crippen molar-refractivity contribution in [1.29, 1.82) is 0 Å². The average molecular weight is 573 g/mol. The minimum Gasteiger partial charge on any atom is -0.508 e. The molecule has 4 aromatic rings. The Morgan fingerprint density at radius 1 is 0.821 bits per heavy atom. The zero-order valence-corrected chi connectivity index (χ0v) is 21.6. The molecule has 0 spiro atoms. The van der Waals surface area contributed by atoms with Crippen LogP contribution in [0.4, 0.5) is 18.9 Å². The Balaban J connectivity index is 0.00000420. The summed E-state index contributed by atoms with van der Waals surface area (Å²) in [4.78, 5) is 7.49. The van der Waals surface area contributed by atoms with Crippen LogP contribution < -0.4 is 0 Å². The molecular formula is C30H28ClF3N2O2S. The lowest BCUT2D eigenvalue weighted by Gasteiger charge is -2.26. The monoisotopic (exact) mass is 572 g/mol. The summed E-state index contributed by atoms with van der Waals surface area (Å²) in [5, 5.41) is 19.7. The molecule has 9 heteroatoms. The van der Waals surface area contributed by atoms with Gasteiger partial charge in [-0.3, -0.25) is 0 Å². The van der Waals surface area contributed by atoms with Gasteiger partial charge in [-0.1, -0.05) is 73.3 Å². The SMILES string of the molecule is C.Oc1ccc(CN(CCc2cccc(O)c2)C(=Nc2ccc(Cl)c(C(F)(F)F)c2)Sc2ccccc2)cc1. The molecule has 0 aliphatic rings. The number of nitrogens with zero attached hydrogens (tertiary/aromatic N) is 2. The number of hydrogen-bond acceptors (Lipinski definition) is 4. The highest BCUT2D eigenvalue weighted by Gasteiger charge is 2.33. The third kappa shape index (κ3) is 8.70. The van der Waals surface area contributed by atoms with E-state index in [1.165, 1.54) is 23.9 Å². The Labute approximate surface area is 235 Å². The van der Waals surface area contributed by atoms with Crippen molar-refractivity contribution in [3.05, 3.63) is 119 Å². The zero-order chi connectivity index (χ0) is 27.1. The van der Waals surface area contributed by atoms with Gasteiger partial charge in [0.25, 0.3) is 0 Å². The van der Waals surface area contributed by atoms with Crippen LogP contribution in [-0.2, 0) is 19.1 Å². The van der Waals surface area contributed by atoms with Gasteiger partial charge < -0.3 is 15.1 Å². The lowest BCUT2D eigenvalue weighted by atomic mass is 10.1. The summed E-state index contributed by atoms with van der Waals surface area (Å²) in [5.74, 6) is 0.287. The van der Waals surface area contributed by atoms with Crippen molar-refractivity contribution in [2.75, 3.05) is 6.54 Å². The van der Waals surface area contributed by atoms with Gasteiger partial charge in [0.1, 0.15) is 11.5 Å². The molecule has 4 aromatic carbocycles. The maximum Gasteiger partial charge on any atom is 0.417 e. The highest BCUT2D eigenvalue weighted by Crippen LogP contribution is 2.37. The van der Waals surface area contributed by atoms with Gasteiger partial charge in [0.15, 0.2) is 5.17 Å². The Bertz CT molecular complexity index is 1400. The van der Waals surface area contributed by atoms with Crippen molar-refractivity contribution in [3.63, 3.8) is 0 Å². The first-order valence-electron chi connectivity index (χ1n) is 11.7. The number of aromatic hydroxyl groups is 2. The molecule has 0 amide bonds. The Morgan fingerprint density at radius 3 is 2.21 bits per heavy atom. The number of rotatable bonds is 7. The fraction of sp³-hybridized carbons (Fsp3) is 0.167. The van der Waals surface area contributed by atoms with Crippen molar-refractivity contribution in [2.45, 2.75) is 31.5 Å². The number of halogens is 4. The van der Waals surface area contributed by atoms with E-state index in [-0.39, 0.29) is 24.6 Å². The van der Waals surface area contributed by atoms with E-state index in [1.807, 2.05) is 41.3 Å². The van der Waals surface area contributed by atoms with Crippen molar-refractivity contribution < 1.29 is 23.4 Å². The first kappa shape index (κ1) is 29.9. The number of phenols is 2. The molecule has 4 rings (SSSR count). The zero-order valence-electron chi connectivity index (χ0n) is 20.1. The van der Waals surface area contributed by atoms with Gasteiger partial charge in [0, 0.05) is 18.0 Å². The van der Waals surface area contributed by atoms with E-state index >= 15 is 0 Å². The molecule has 0 bridgehead atoms. The summed E-state index contributed by atoms with van der Waals surface area (Å²) in [7, 11) is 0. The number of benzene rings is 4. The minimum atomic E-state index is -4.61. The highest BCUT2D eigenvalue weighted by molar-refractivity contribution is 8.13. The van der Waals surface area contributed by atoms with E-state index < -0.39 is 16.8 Å². The van der Waals surface area contributed by atoms with Gasteiger partial charge in [0.2, 0.25) is 0 Å². The van der Waals surface area contributed by atoms with Crippen molar-refractivity contribution in [3.8, 4) is 11.5 Å². The quantitative estimate of drug-likeness (QED) is 0.132. The smallest absolute Gasteiger partial charge is 0.417 e. The van der Waals surface area contributed by atoms with Crippen LogP contribution in [0.2, 0.25) is 5.02 Å². The van der Waals surface area contributed by atoms with Gasteiger partial charge in [-0.05, 0) is 72.1 Å². The first-order valence-corrected chi connectivity index (χ1v) is 12.9. The number of thioether (sulfide) groups is 1. The van der Waals surface area contributed by atoms with Crippen LogP contribution in [0.25, 0.3) is 0 Å². The van der Waals surface area contributed by atoms with E-state index in [9.17, 15) is 23.4 Å². The second-order valence-electron chi connectivity index (χ2n) is 8.48. The second-order valence-corrected chi connectivity index (χ2v) is 9.93.